The summed E-state index contributed by atoms with van der Waals surface area (Å²) in [6, 6.07) is 2.03. The summed E-state index contributed by atoms with van der Waals surface area (Å²) in [4.78, 5) is 2.73. The van der Waals surface area contributed by atoms with Gasteiger partial charge in [0.25, 0.3) is 0 Å². The molecule has 0 amide bonds. The first-order valence-corrected chi connectivity index (χ1v) is 8.21. The number of ether oxygens (including phenoxy) is 1. The van der Waals surface area contributed by atoms with E-state index in [4.69, 9.17) is 4.74 Å². The van der Waals surface area contributed by atoms with Gasteiger partial charge in [-0.15, -0.1) is 0 Å². The molecule has 0 aromatic carbocycles. The molecule has 2 aliphatic rings. The Hall–Kier alpha value is -0.120. The van der Waals surface area contributed by atoms with Crippen LogP contribution in [0.5, 0.6) is 0 Å². The molecule has 2 rings (SSSR count). The van der Waals surface area contributed by atoms with E-state index in [1.165, 1.54) is 38.6 Å². The van der Waals surface area contributed by atoms with Gasteiger partial charge < -0.3 is 10.1 Å². The highest BCUT2D eigenvalue weighted by Crippen LogP contribution is 2.33. The molecule has 2 fully saturated rings. The molecular formula is C16H32N2O. The lowest BCUT2D eigenvalue weighted by atomic mass is 9.85. The average Bonchev–Trinajstić information content (AvgIpc) is 2.88. The van der Waals surface area contributed by atoms with Gasteiger partial charge in [0.15, 0.2) is 0 Å². The zero-order valence-corrected chi connectivity index (χ0v) is 13.2. The minimum atomic E-state index is 0.467. The Bertz CT molecular complexity index is 271. The summed E-state index contributed by atoms with van der Waals surface area (Å²) in [6.45, 7) is 9.47. The van der Waals surface area contributed by atoms with Crippen LogP contribution in [0, 0.1) is 5.92 Å². The van der Waals surface area contributed by atoms with Crippen LogP contribution in [0.1, 0.15) is 52.9 Å². The van der Waals surface area contributed by atoms with Crippen molar-refractivity contribution in [1.82, 2.24) is 10.2 Å². The van der Waals surface area contributed by atoms with E-state index in [9.17, 15) is 0 Å². The van der Waals surface area contributed by atoms with E-state index < -0.39 is 0 Å². The standard InChI is InChI=1S/C16H32N2O/c1-5-10-17-14-9-11-18(13(3)12(14)2)15-7-6-8-16(15)19-4/h12-17H,5-11H2,1-4H3. The summed E-state index contributed by atoms with van der Waals surface area (Å²) in [5.74, 6) is 0.735. The Labute approximate surface area is 119 Å². The van der Waals surface area contributed by atoms with Crippen LogP contribution in [0.15, 0.2) is 0 Å². The van der Waals surface area contributed by atoms with Crippen molar-refractivity contribution in [3.05, 3.63) is 0 Å². The molecule has 0 spiro atoms. The molecule has 0 bridgehead atoms. The van der Waals surface area contributed by atoms with Crippen LogP contribution in [0.25, 0.3) is 0 Å². The molecule has 1 saturated heterocycles. The van der Waals surface area contributed by atoms with Crippen molar-refractivity contribution in [3.63, 3.8) is 0 Å². The third-order valence-electron chi connectivity index (χ3n) is 5.42. The van der Waals surface area contributed by atoms with Crippen LogP contribution < -0.4 is 5.32 Å². The molecule has 5 unspecified atom stereocenters. The predicted molar refractivity (Wildman–Crippen MR) is 80.5 cm³/mol. The third-order valence-corrected chi connectivity index (χ3v) is 5.42. The number of piperidine rings is 1. The van der Waals surface area contributed by atoms with E-state index >= 15 is 0 Å². The van der Waals surface area contributed by atoms with Crippen molar-refractivity contribution in [2.24, 2.45) is 5.92 Å². The number of likely N-dealkylation sites (tertiary alicyclic amines) is 1. The summed E-state index contributed by atoms with van der Waals surface area (Å²) in [5, 5.41) is 3.73. The number of methoxy groups -OCH3 is 1. The van der Waals surface area contributed by atoms with Gasteiger partial charge in [0.05, 0.1) is 6.10 Å². The first kappa shape index (κ1) is 15.3. The Balaban J connectivity index is 1.94. The molecule has 0 radical (unpaired) electrons. The summed E-state index contributed by atoms with van der Waals surface area (Å²) >= 11 is 0. The molecule has 1 saturated carbocycles. The van der Waals surface area contributed by atoms with E-state index in [0.717, 1.165) is 12.5 Å². The molecule has 3 nitrogen and oxygen atoms in total. The highest BCUT2D eigenvalue weighted by Gasteiger charge is 2.40. The first-order valence-electron chi connectivity index (χ1n) is 8.21. The van der Waals surface area contributed by atoms with E-state index in [1.807, 2.05) is 7.11 Å². The van der Waals surface area contributed by atoms with Gasteiger partial charge in [0.2, 0.25) is 0 Å². The van der Waals surface area contributed by atoms with E-state index in [-0.39, 0.29) is 0 Å². The van der Waals surface area contributed by atoms with Gasteiger partial charge in [-0.25, -0.2) is 0 Å². The molecule has 5 atom stereocenters. The number of hydrogen-bond donors (Lipinski definition) is 1. The second-order valence-electron chi connectivity index (χ2n) is 6.46. The fraction of sp³-hybridized carbons (Fsp3) is 1.00. The predicted octanol–water partition coefficient (Wildman–Crippen LogP) is 2.65. The molecule has 0 aromatic heterocycles. The van der Waals surface area contributed by atoms with Gasteiger partial charge in [-0.3, -0.25) is 4.90 Å². The lowest BCUT2D eigenvalue weighted by Gasteiger charge is -2.47. The molecule has 112 valence electrons. The fourth-order valence-electron chi connectivity index (χ4n) is 4.04. The topological polar surface area (TPSA) is 24.5 Å². The van der Waals surface area contributed by atoms with Crippen LogP contribution in [0.4, 0.5) is 0 Å². The lowest BCUT2D eigenvalue weighted by molar-refractivity contribution is -0.0175. The Morgan fingerprint density at radius 1 is 1.21 bits per heavy atom. The van der Waals surface area contributed by atoms with E-state index in [1.54, 1.807) is 0 Å². The van der Waals surface area contributed by atoms with Crippen molar-refractivity contribution in [2.45, 2.75) is 77.1 Å². The van der Waals surface area contributed by atoms with E-state index in [0.29, 0.717) is 24.2 Å². The van der Waals surface area contributed by atoms with Crippen LogP contribution in [0.3, 0.4) is 0 Å². The Morgan fingerprint density at radius 3 is 2.68 bits per heavy atom. The Kier molecular flexibility index (Phi) is 5.67. The largest absolute Gasteiger partial charge is 0.380 e. The number of nitrogens with one attached hydrogen (secondary N) is 1. The maximum atomic E-state index is 5.69. The molecule has 1 heterocycles. The summed E-state index contributed by atoms with van der Waals surface area (Å²) in [7, 11) is 1.88. The van der Waals surface area contributed by atoms with Gasteiger partial charge in [0.1, 0.15) is 0 Å². The van der Waals surface area contributed by atoms with Gasteiger partial charge in [-0.2, -0.15) is 0 Å². The Morgan fingerprint density at radius 2 is 2.00 bits per heavy atom. The zero-order chi connectivity index (χ0) is 13.8. The minimum absolute atomic E-state index is 0.467. The monoisotopic (exact) mass is 268 g/mol. The van der Waals surface area contributed by atoms with Crippen LogP contribution in [-0.2, 0) is 4.74 Å². The van der Waals surface area contributed by atoms with Crippen molar-refractivity contribution in [1.29, 1.82) is 0 Å². The third kappa shape index (κ3) is 3.32. The smallest absolute Gasteiger partial charge is 0.0726 e. The average molecular weight is 268 g/mol. The fourth-order valence-corrected chi connectivity index (χ4v) is 4.04. The normalized spacial score (nSPS) is 40.7. The van der Waals surface area contributed by atoms with Gasteiger partial charge in [-0.05, 0) is 51.5 Å². The molecule has 1 aliphatic heterocycles. The van der Waals surface area contributed by atoms with Crippen molar-refractivity contribution >= 4 is 0 Å². The number of rotatable bonds is 5. The molecule has 3 heteroatoms. The summed E-state index contributed by atoms with van der Waals surface area (Å²) in [5.41, 5.74) is 0. The maximum Gasteiger partial charge on any atom is 0.0726 e. The molecule has 19 heavy (non-hydrogen) atoms. The first-order chi connectivity index (χ1) is 9.19. The van der Waals surface area contributed by atoms with Crippen LogP contribution in [-0.4, -0.2) is 49.3 Å². The quantitative estimate of drug-likeness (QED) is 0.829. The molecular weight excluding hydrogens is 236 g/mol. The SMILES string of the molecule is CCCNC1CCN(C2CCCC2OC)C(C)C1C. The van der Waals surface area contributed by atoms with Gasteiger partial charge >= 0.3 is 0 Å². The van der Waals surface area contributed by atoms with Crippen LogP contribution >= 0.6 is 0 Å². The van der Waals surface area contributed by atoms with Crippen molar-refractivity contribution in [3.8, 4) is 0 Å². The van der Waals surface area contributed by atoms with E-state index in [2.05, 4.69) is 31.0 Å². The highest BCUT2D eigenvalue weighted by atomic mass is 16.5. The zero-order valence-electron chi connectivity index (χ0n) is 13.2. The van der Waals surface area contributed by atoms with Crippen LogP contribution in [0.2, 0.25) is 0 Å². The summed E-state index contributed by atoms with van der Waals surface area (Å²) in [6.07, 6.45) is 6.89. The van der Waals surface area contributed by atoms with Gasteiger partial charge in [-0.1, -0.05) is 13.8 Å². The van der Waals surface area contributed by atoms with Crippen molar-refractivity contribution < 1.29 is 4.74 Å². The molecule has 1 aliphatic carbocycles. The minimum Gasteiger partial charge on any atom is -0.380 e. The summed E-state index contributed by atoms with van der Waals surface area (Å²) < 4.78 is 5.69. The molecule has 0 aromatic rings. The molecule has 1 N–H and O–H groups in total. The van der Waals surface area contributed by atoms with Crippen molar-refractivity contribution in [2.75, 3.05) is 20.2 Å². The second-order valence-corrected chi connectivity index (χ2v) is 6.46. The highest BCUT2D eigenvalue weighted by molar-refractivity contribution is 4.95. The second kappa shape index (κ2) is 7.05. The lowest BCUT2D eigenvalue weighted by Crippen LogP contribution is -2.58. The number of hydrogen-bond acceptors (Lipinski definition) is 3. The maximum absolute atomic E-state index is 5.69. The number of nitrogens with zero attached hydrogens (tertiary/aromatic N) is 1. The van der Waals surface area contributed by atoms with Gasteiger partial charge in [0, 0.05) is 31.8 Å².